The van der Waals surface area contributed by atoms with Gasteiger partial charge >= 0.3 is 0 Å². The highest BCUT2D eigenvalue weighted by Gasteiger charge is 2.06. The van der Waals surface area contributed by atoms with Gasteiger partial charge in [0.05, 0.1) is 0 Å². The molecule has 0 aromatic carbocycles. The SMILES string of the molecule is CC(C)=C1CNC1.Cl. The Morgan fingerprint density at radius 1 is 1.38 bits per heavy atom. The van der Waals surface area contributed by atoms with E-state index in [9.17, 15) is 0 Å². The lowest BCUT2D eigenvalue weighted by Gasteiger charge is -2.19. The quantitative estimate of drug-likeness (QED) is 0.492. The van der Waals surface area contributed by atoms with Gasteiger partial charge in [-0.25, -0.2) is 0 Å². The lowest BCUT2D eigenvalue weighted by Crippen LogP contribution is -2.34. The summed E-state index contributed by atoms with van der Waals surface area (Å²) >= 11 is 0. The van der Waals surface area contributed by atoms with Crippen LogP contribution in [0.1, 0.15) is 13.8 Å². The van der Waals surface area contributed by atoms with Crippen molar-refractivity contribution in [1.29, 1.82) is 0 Å². The molecule has 0 aliphatic carbocycles. The molecule has 2 heteroatoms. The summed E-state index contributed by atoms with van der Waals surface area (Å²) in [5.74, 6) is 0. The Morgan fingerprint density at radius 3 is 1.88 bits per heavy atom. The van der Waals surface area contributed by atoms with Crippen molar-refractivity contribution in [3.63, 3.8) is 0 Å². The second-order valence-corrected chi connectivity index (χ2v) is 2.21. The first-order valence-corrected chi connectivity index (χ1v) is 2.66. The van der Waals surface area contributed by atoms with Gasteiger partial charge in [-0.2, -0.15) is 0 Å². The number of halogens is 1. The average Bonchev–Trinajstić information content (AvgIpc) is 1.23. The summed E-state index contributed by atoms with van der Waals surface area (Å²) in [7, 11) is 0. The van der Waals surface area contributed by atoms with Crippen LogP contribution in [-0.2, 0) is 0 Å². The topological polar surface area (TPSA) is 12.0 Å². The maximum atomic E-state index is 3.18. The fourth-order valence-corrected chi connectivity index (χ4v) is 0.604. The van der Waals surface area contributed by atoms with Crippen LogP contribution in [0.15, 0.2) is 11.1 Å². The number of allylic oxidation sites excluding steroid dienone is 1. The Kier molecular flexibility index (Phi) is 3.10. The summed E-state index contributed by atoms with van der Waals surface area (Å²) in [4.78, 5) is 0. The van der Waals surface area contributed by atoms with Gasteiger partial charge < -0.3 is 5.32 Å². The van der Waals surface area contributed by atoms with E-state index in [4.69, 9.17) is 0 Å². The molecule has 0 unspecified atom stereocenters. The van der Waals surface area contributed by atoms with Crippen LogP contribution >= 0.6 is 12.4 Å². The number of nitrogens with one attached hydrogen (secondary N) is 1. The van der Waals surface area contributed by atoms with Gasteiger partial charge in [0, 0.05) is 13.1 Å². The van der Waals surface area contributed by atoms with E-state index >= 15 is 0 Å². The fourth-order valence-electron chi connectivity index (χ4n) is 0.604. The molecule has 8 heavy (non-hydrogen) atoms. The minimum atomic E-state index is 0. The molecule has 0 aromatic rings. The maximum absolute atomic E-state index is 3.18. The fraction of sp³-hybridized carbons (Fsp3) is 0.667. The van der Waals surface area contributed by atoms with Crippen molar-refractivity contribution in [3.8, 4) is 0 Å². The minimum Gasteiger partial charge on any atom is -0.309 e. The monoisotopic (exact) mass is 133 g/mol. The highest BCUT2D eigenvalue weighted by atomic mass is 35.5. The van der Waals surface area contributed by atoms with E-state index in [2.05, 4.69) is 19.2 Å². The predicted octanol–water partition coefficient (Wildman–Crippen LogP) is 1.35. The Balaban J connectivity index is 0.000000490. The molecule has 1 rings (SSSR count). The van der Waals surface area contributed by atoms with E-state index in [1.54, 1.807) is 5.57 Å². The summed E-state index contributed by atoms with van der Waals surface area (Å²) in [6, 6.07) is 0. The molecule has 0 saturated carbocycles. The first kappa shape index (κ1) is 7.99. The first-order valence-electron chi connectivity index (χ1n) is 2.66. The molecule has 0 amide bonds. The molecular formula is C6H12ClN. The second kappa shape index (κ2) is 3.10. The van der Waals surface area contributed by atoms with Crippen molar-refractivity contribution in [2.24, 2.45) is 0 Å². The molecule has 1 aliphatic heterocycles. The molecule has 1 fully saturated rings. The Hall–Kier alpha value is -0.0100. The smallest absolute Gasteiger partial charge is 0.0182 e. The molecule has 1 saturated heterocycles. The highest BCUT2D eigenvalue weighted by Crippen LogP contribution is 2.05. The van der Waals surface area contributed by atoms with E-state index in [0.29, 0.717) is 0 Å². The standard InChI is InChI=1S/C6H11N.ClH/c1-5(2)6-3-7-4-6;/h7H,3-4H2,1-2H3;1H. The van der Waals surface area contributed by atoms with E-state index < -0.39 is 0 Å². The Morgan fingerprint density at radius 2 is 1.88 bits per heavy atom. The molecule has 0 atom stereocenters. The summed E-state index contributed by atoms with van der Waals surface area (Å²) in [6.07, 6.45) is 0. The Bertz CT molecular complexity index is 97.1. The van der Waals surface area contributed by atoms with Gasteiger partial charge in [0.25, 0.3) is 0 Å². The van der Waals surface area contributed by atoms with Crippen LogP contribution < -0.4 is 5.32 Å². The minimum absolute atomic E-state index is 0. The van der Waals surface area contributed by atoms with Crippen LogP contribution in [0.4, 0.5) is 0 Å². The van der Waals surface area contributed by atoms with E-state index in [1.807, 2.05) is 0 Å². The zero-order valence-electron chi connectivity index (χ0n) is 5.32. The van der Waals surface area contributed by atoms with Crippen molar-refractivity contribution >= 4 is 12.4 Å². The van der Waals surface area contributed by atoms with Crippen molar-refractivity contribution < 1.29 is 0 Å². The molecule has 1 aliphatic rings. The second-order valence-electron chi connectivity index (χ2n) is 2.21. The van der Waals surface area contributed by atoms with Gasteiger partial charge in [0.15, 0.2) is 0 Å². The third-order valence-corrected chi connectivity index (χ3v) is 1.38. The molecule has 0 bridgehead atoms. The van der Waals surface area contributed by atoms with Gasteiger partial charge in [-0.3, -0.25) is 0 Å². The number of rotatable bonds is 0. The molecule has 1 nitrogen and oxygen atoms in total. The van der Waals surface area contributed by atoms with Gasteiger partial charge in [-0.05, 0) is 19.4 Å². The van der Waals surface area contributed by atoms with Gasteiger partial charge in [-0.1, -0.05) is 5.57 Å². The molecule has 1 heterocycles. The van der Waals surface area contributed by atoms with Crippen molar-refractivity contribution in [3.05, 3.63) is 11.1 Å². The molecule has 0 spiro atoms. The van der Waals surface area contributed by atoms with Crippen LogP contribution in [0.25, 0.3) is 0 Å². The van der Waals surface area contributed by atoms with Gasteiger partial charge in [0.2, 0.25) is 0 Å². The van der Waals surface area contributed by atoms with Crippen LogP contribution in [0.2, 0.25) is 0 Å². The molecule has 0 radical (unpaired) electrons. The van der Waals surface area contributed by atoms with Crippen molar-refractivity contribution in [2.75, 3.05) is 13.1 Å². The summed E-state index contributed by atoms with van der Waals surface area (Å²) in [6.45, 7) is 6.58. The van der Waals surface area contributed by atoms with Crippen LogP contribution in [0, 0.1) is 0 Å². The average molecular weight is 134 g/mol. The van der Waals surface area contributed by atoms with E-state index in [0.717, 1.165) is 13.1 Å². The van der Waals surface area contributed by atoms with E-state index in [1.165, 1.54) is 5.57 Å². The third-order valence-electron chi connectivity index (χ3n) is 1.38. The predicted molar refractivity (Wildman–Crippen MR) is 38.5 cm³/mol. The van der Waals surface area contributed by atoms with Crippen LogP contribution in [-0.4, -0.2) is 13.1 Å². The lowest BCUT2D eigenvalue weighted by atomic mass is 10.1. The largest absolute Gasteiger partial charge is 0.309 e. The zero-order valence-corrected chi connectivity index (χ0v) is 6.14. The summed E-state index contributed by atoms with van der Waals surface area (Å²) in [5.41, 5.74) is 3.07. The van der Waals surface area contributed by atoms with Crippen LogP contribution in [0.3, 0.4) is 0 Å². The van der Waals surface area contributed by atoms with Crippen molar-refractivity contribution in [1.82, 2.24) is 5.32 Å². The zero-order chi connectivity index (χ0) is 5.28. The summed E-state index contributed by atoms with van der Waals surface area (Å²) in [5, 5.41) is 3.18. The third kappa shape index (κ3) is 1.49. The number of hydrogen-bond acceptors (Lipinski definition) is 1. The molecular weight excluding hydrogens is 122 g/mol. The molecule has 48 valence electrons. The molecule has 1 N–H and O–H groups in total. The number of hydrogen-bond donors (Lipinski definition) is 1. The highest BCUT2D eigenvalue weighted by molar-refractivity contribution is 5.85. The summed E-state index contributed by atoms with van der Waals surface area (Å²) < 4.78 is 0. The Labute approximate surface area is 56.6 Å². The lowest BCUT2D eigenvalue weighted by molar-refractivity contribution is 0.658. The van der Waals surface area contributed by atoms with Crippen LogP contribution in [0.5, 0.6) is 0 Å². The maximum Gasteiger partial charge on any atom is 0.0182 e. The van der Waals surface area contributed by atoms with Gasteiger partial charge in [-0.15, -0.1) is 12.4 Å². The van der Waals surface area contributed by atoms with Gasteiger partial charge in [0.1, 0.15) is 0 Å². The first-order chi connectivity index (χ1) is 3.30. The normalized spacial score (nSPS) is 16.5. The molecule has 0 aromatic heterocycles. The van der Waals surface area contributed by atoms with E-state index in [-0.39, 0.29) is 12.4 Å². The van der Waals surface area contributed by atoms with Crippen molar-refractivity contribution in [2.45, 2.75) is 13.8 Å².